The predicted molar refractivity (Wildman–Crippen MR) is 60.8 cm³/mol. The molecule has 0 atom stereocenters. The van der Waals surface area contributed by atoms with Gasteiger partial charge < -0.3 is 10.4 Å². The number of aliphatic hydroxyl groups is 1. The van der Waals surface area contributed by atoms with Crippen LogP contribution < -0.4 is 5.32 Å². The van der Waals surface area contributed by atoms with Gasteiger partial charge in [-0.3, -0.25) is 0 Å². The molecule has 0 radical (unpaired) electrons. The maximum absolute atomic E-state index is 12.7. The third-order valence-electron chi connectivity index (χ3n) is 1.98. The number of hydrogen-bond donors (Lipinski definition) is 2. The van der Waals surface area contributed by atoms with E-state index in [1.807, 2.05) is 0 Å². The van der Waals surface area contributed by atoms with Crippen molar-refractivity contribution >= 4 is 17.3 Å². The Kier molecular flexibility index (Phi) is 3.94. The zero-order valence-electron chi connectivity index (χ0n) is 8.85. The van der Waals surface area contributed by atoms with Crippen LogP contribution in [-0.4, -0.2) is 17.3 Å². The van der Waals surface area contributed by atoms with Crippen molar-refractivity contribution in [3.8, 4) is 0 Å². The first-order chi connectivity index (χ1) is 6.88. The summed E-state index contributed by atoms with van der Waals surface area (Å²) >= 11 is 5.81. The van der Waals surface area contributed by atoms with Crippen LogP contribution in [0.1, 0.15) is 20.3 Å². The Labute approximate surface area is 94.1 Å². The Bertz CT molecular complexity index is 336. The van der Waals surface area contributed by atoms with Crippen LogP contribution in [0.25, 0.3) is 0 Å². The molecular weight excluding hydrogens is 217 g/mol. The molecule has 0 saturated heterocycles. The minimum atomic E-state index is -0.709. The molecular formula is C11H15ClFNO. The third-order valence-corrected chi connectivity index (χ3v) is 2.30. The molecule has 0 spiro atoms. The van der Waals surface area contributed by atoms with Crippen LogP contribution in [0.4, 0.5) is 10.1 Å². The largest absolute Gasteiger partial charge is 0.390 e. The van der Waals surface area contributed by atoms with E-state index in [1.54, 1.807) is 19.9 Å². The van der Waals surface area contributed by atoms with E-state index in [-0.39, 0.29) is 5.82 Å². The van der Waals surface area contributed by atoms with Gasteiger partial charge in [-0.15, -0.1) is 0 Å². The number of rotatable bonds is 4. The molecule has 0 unspecified atom stereocenters. The summed E-state index contributed by atoms with van der Waals surface area (Å²) in [6.45, 7) is 4.07. The Hall–Kier alpha value is -0.800. The molecule has 1 aromatic carbocycles. The Morgan fingerprint density at radius 3 is 2.67 bits per heavy atom. The summed E-state index contributed by atoms with van der Waals surface area (Å²) in [5, 5.41) is 12.9. The summed E-state index contributed by atoms with van der Waals surface area (Å²) in [7, 11) is 0. The highest BCUT2D eigenvalue weighted by Crippen LogP contribution is 2.22. The van der Waals surface area contributed by atoms with E-state index in [9.17, 15) is 9.50 Å². The summed E-state index contributed by atoms with van der Waals surface area (Å²) in [5.41, 5.74) is -0.0261. The number of anilines is 1. The summed E-state index contributed by atoms with van der Waals surface area (Å²) in [6, 6.07) is 4.19. The van der Waals surface area contributed by atoms with Gasteiger partial charge in [0.05, 0.1) is 16.3 Å². The van der Waals surface area contributed by atoms with Gasteiger partial charge in [-0.1, -0.05) is 11.6 Å². The minimum absolute atomic E-state index is 0.353. The average molecular weight is 232 g/mol. The van der Waals surface area contributed by atoms with Gasteiger partial charge in [-0.2, -0.15) is 0 Å². The predicted octanol–water partition coefficient (Wildman–Crippen LogP) is 3.05. The van der Waals surface area contributed by atoms with E-state index in [4.69, 9.17) is 11.6 Å². The first-order valence-electron chi connectivity index (χ1n) is 4.80. The molecule has 4 heteroatoms. The molecule has 0 amide bonds. The van der Waals surface area contributed by atoms with Gasteiger partial charge in [0.25, 0.3) is 0 Å². The molecule has 0 aliphatic rings. The zero-order valence-corrected chi connectivity index (χ0v) is 9.61. The second kappa shape index (κ2) is 4.81. The molecule has 0 fully saturated rings. The molecule has 84 valence electrons. The second-order valence-electron chi connectivity index (χ2n) is 4.11. The number of benzene rings is 1. The quantitative estimate of drug-likeness (QED) is 0.835. The van der Waals surface area contributed by atoms with Gasteiger partial charge in [0.2, 0.25) is 0 Å². The van der Waals surface area contributed by atoms with Crippen LogP contribution in [0.2, 0.25) is 5.02 Å². The first kappa shape index (κ1) is 12.3. The van der Waals surface area contributed by atoms with Crippen molar-refractivity contribution in [1.29, 1.82) is 0 Å². The maximum atomic E-state index is 12.7. The molecule has 1 rings (SSSR count). The highest BCUT2D eigenvalue weighted by Gasteiger charge is 2.11. The normalized spacial score (nSPS) is 11.5. The average Bonchev–Trinajstić information content (AvgIpc) is 2.07. The zero-order chi connectivity index (χ0) is 11.5. The van der Waals surface area contributed by atoms with Crippen LogP contribution in [0, 0.1) is 5.82 Å². The number of hydrogen-bond acceptors (Lipinski definition) is 2. The highest BCUT2D eigenvalue weighted by atomic mass is 35.5. The summed E-state index contributed by atoms with van der Waals surface area (Å²) in [5.74, 6) is -0.354. The van der Waals surface area contributed by atoms with Crippen molar-refractivity contribution in [1.82, 2.24) is 0 Å². The van der Waals surface area contributed by atoms with Gasteiger partial charge in [-0.25, -0.2) is 4.39 Å². The molecule has 15 heavy (non-hydrogen) atoms. The lowest BCUT2D eigenvalue weighted by molar-refractivity contribution is 0.0749. The Morgan fingerprint density at radius 2 is 2.13 bits per heavy atom. The monoisotopic (exact) mass is 231 g/mol. The lowest BCUT2D eigenvalue weighted by Gasteiger charge is -2.17. The molecule has 0 aliphatic heterocycles. The lowest BCUT2D eigenvalue weighted by atomic mass is 10.1. The topological polar surface area (TPSA) is 32.3 Å². The third kappa shape index (κ3) is 4.49. The van der Waals surface area contributed by atoms with Crippen molar-refractivity contribution in [2.45, 2.75) is 25.9 Å². The van der Waals surface area contributed by atoms with E-state index in [0.29, 0.717) is 23.7 Å². The van der Waals surface area contributed by atoms with Gasteiger partial charge in [0.1, 0.15) is 5.82 Å². The number of halogens is 2. The molecule has 1 aromatic rings. The van der Waals surface area contributed by atoms with Gasteiger partial charge >= 0.3 is 0 Å². The van der Waals surface area contributed by atoms with Crippen LogP contribution >= 0.6 is 11.6 Å². The van der Waals surface area contributed by atoms with Crippen molar-refractivity contribution in [3.63, 3.8) is 0 Å². The van der Waals surface area contributed by atoms with Gasteiger partial charge in [0.15, 0.2) is 0 Å². The summed E-state index contributed by atoms with van der Waals surface area (Å²) in [4.78, 5) is 0. The minimum Gasteiger partial charge on any atom is -0.390 e. The summed E-state index contributed by atoms with van der Waals surface area (Å²) < 4.78 is 12.7. The van der Waals surface area contributed by atoms with Crippen molar-refractivity contribution in [3.05, 3.63) is 29.0 Å². The molecule has 0 saturated carbocycles. The van der Waals surface area contributed by atoms with Crippen molar-refractivity contribution in [2.75, 3.05) is 11.9 Å². The molecule has 2 N–H and O–H groups in total. The van der Waals surface area contributed by atoms with Crippen LogP contribution in [0.5, 0.6) is 0 Å². The standard InChI is InChI=1S/C11H15ClFNO/c1-11(2,15)5-6-14-10-4-3-8(13)7-9(10)12/h3-4,7,14-15H,5-6H2,1-2H3. The van der Waals surface area contributed by atoms with E-state index in [2.05, 4.69) is 5.32 Å². The fourth-order valence-corrected chi connectivity index (χ4v) is 1.37. The number of nitrogens with one attached hydrogen (secondary N) is 1. The van der Waals surface area contributed by atoms with Gasteiger partial charge in [-0.05, 0) is 38.5 Å². The fourth-order valence-electron chi connectivity index (χ4n) is 1.14. The second-order valence-corrected chi connectivity index (χ2v) is 4.52. The Morgan fingerprint density at radius 1 is 1.47 bits per heavy atom. The van der Waals surface area contributed by atoms with E-state index in [1.165, 1.54) is 12.1 Å². The van der Waals surface area contributed by atoms with Crippen LogP contribution in [-0.2, 0) is 0 Å². The fraction of sp³-hybridized carbons (Fsp3) is 0.455. The molecule has 0 aromatic heterocycles. The van der Waals surface area contributed by atoms with E-state index >= 15 is 0 Å². The Balaban J connectivity index is 2.51. The smallest absolute Gasteiger partial charge is 0.124 e. The maximum Gasteiger partial charge on any atom is 0.124 e. The van der Waals surface area contributed by atoms with E-state index in [0.717, 1.165) is 0 Å². The van der Waals surface area contributed by atoms with Crippen molar-refractivity contribution < 1.29 is 9.50 Å². The molecule has 0 aliphatic carbocycles. The molecule has 2 nitrogen and oxygen atoms in total. The van der Waals surface area contributed by atoms with Gasteiger partial charge in [0, 0.05) is 6.54 Å². The molecule has 0 heterocycles. The van der Waals surface area contributed by atoms with Crippen LogP contribution in [0.15, 0.2) is 18.2 Å². The lowest BCUT2D eigenvalue weighted by Crippen LogP contribution is -2.22. The summed E-state index contributed by atoms with van der Waals surface area (Å²) in [6.07, 6.45) is 0.598. The highest BCUT2D eigenvalue weighted by molar-refractivity contribution is 6.33. The SMILES string of the molecule is CC(C)(O)CCNc1ccc(F)cc1Cl. The first-order valence-corrected chi connectivity index (χ1v) is 5.17. The molecule has 0 bridgehead atoms. The van der Waals surface area contributed by atoms with Crippen molar-refractivity contribution in [2.24, 2.45) is 0 Å². The van der Waals surface area contributed by atoms with E-state index < -0.39 is 5.60 Å². The van der Waals surface area contributed by atoms with Crippen LogP contribution in [0.3, 0.4) is 0 Å².